The summed E-state index contributed by atoms with van der Waals surface area (Å²) in [7, 11) is 0. The van der Waals surface area contributed by atoms with Gasteiger partial charge in [-0.3, -0.25) is 4.79 Å². The van der Waals surface area contributed by atoms with Crippen LogP contribution in [0.4, 0.5) is 14.5 Å². The van der Waals surface area contributed by atoms with Gasteiger partial charge in [0.05, 0.1) is 5.69 Å². The molecule has 1 rings (SSSR count). The number of primary amides is 1. The standard InChI is InChI=1S/C9H10F2N2O/c1-5(9(12)14)13-8-4-6(10)2-3-7(8)11/h2-5,13H,1H3,(H2,12,14). The van der Waals surface area contributed by atoms with Crippen LogP contribution in [-0.2, 0) is 4.79 Å². The lowest BCUT2D eigenvalue weighted by atomic mass is 10.2. The van der Waals surface area contributed by atoms with Gasteiger partial charge < -0.3 is 11.1 Å². The molecule has 1 unspecified atom stereocenters. The summed E-state index contributed by atoms with van der Waals surface area (Å²) in [5.74, 6) is -1.83. The molecule has 0 fully saturated rings. The molecule has 3 nitrogen and oxygen atoms in total. The molecule has 1 aromatic rings. The van der Waals surface area contributed by atoms with Crippen LogP contribution in [0.3, 0.4) is 0 Å². The summed E-state index contributed by atoms with van der Waals surface area (Å²) in [6.07, 6.45) is 0. The first-order valence-corrected chi connectivity index (χ1v) is 4.01. The molecule has 0 heterocycles. The molecule has 0 aromatic heterocycles. The van der Waals surface area contributed by atoms with Crippen LogP contribution in [0, 0.1) is 11.6 Å². The Hall–Kier alpha value is -1.65. The zero-order valence-electron chi connectivity index (χ0n) is 7.55. The molecule has 0 bridgehead atoms. The smallest absolute Gasteiger partial charge is 0.239 e. The molecular weight excluding hydrogens is 190 g/mol. The highest BCUT2D eigenvalue weighted by atomic mass is 19.1. The highest BCUT2D eigenvalue weighted by Crippen LogP contribution is 2.15. The normalized spacial score (nSPS) is 12.2. The van der Waals surface area contributed by atoms with E-state index >= 15 is 0 Å². The van der Waals surface area contributed by atoms with Crippen molar-refractivity contribution in [1.82, 2.24) is 0 Å². The molecule has 5 heteroatoms. The number of rotatable bonds is 3. The number of nitrogens with two attached hydrogens (primary N) is 1. The minimum Gasteiger partial charge on any atom is -0.371 e. The SMILES string of the molecule is CC(Nc1cc(F)ccc1F)C(N)=O. The average Bonchev–Trinajstić information content (AvgIpc) is 2.11. The van der Waals surface area contributed by atoms with E-state index in [0.717, 1.165) is 18.2 Å². The Morgan fingerprint density at radius 3 is 2.71 bits per heavy atom. The molecule has 14 heavy (non-hydrogen) atoms. The average molecular weight is 200 g/mol. The number of hydrogen-bond donors (Lipinski definition) is 2. The van der Waals surface area contributed by atoms with Gasteiger partial charge in [-0.25, -0.2) is 8.78 Å². The van der Waals surface area contributed by atoms with Crippen molar-refractivity contribution in [2.45, 2.75) is 13.0 Å². The Kier molecular flexibility index (Phi) is 3.01. The third kappa shape index (κ3) is 2.42. The van der Waals surface area contributed by atoms with Crippen molar-refractivity contribution < 1.29 is 13.6 Å². The second-order valence-corrected chi connectivity index (χ2v) is 2.89. The second kappa shape index (κ2) is 4.04. The summed E-state index contributed by atoms with van der Waals surface area (Å²) in [5, 5.41) is 2.46. The molecule has 0 aliphatic rings. The van der Waals surface area contributed by atoms with Crippen molar-refractivity contribution in [2.75, 3.05) is 5.32 Å². The van der Waals surface area contributed by atoms with E-state index in [1.165, 1.54) is 6.92 Å². The number of benzene rings is 1. The Bertz CT molecular complexity index is 355. The Morgan fingerprint density at radius 1 is 1.50 bits per heavy atom. The quantitative estimate of drug-likeness (QED) is 0.771. The molecule has 76 valence electrons. The van der Waals surface area contributed by atoms with Crippen molar-refractivity contribution in [3.8, 4) is 0 Å². The maximum atomic E-state index is 13.0. The first-order chi connectivity index (χ1) is 6.50. The number of halogens is 2. The Labute approximate surface area is 79.9 Å². The fourth-order valence-corrected chi connectivity index (χ4v) is 0.912. The van der Waals surface area contributed by atoms with Gasteiger partial charge in [-0.15, -0.1) is 0 Å². The first kappa shape index (κ1) is 10.4. The van der Waals surface area contributed by atoms with E-state index in [1.807, 2.05) is 0 Å². The van der Waals surface area contributed by atoms with Crippen LogP contribution >= 0.6 is 0 Å². The van der Waals surface area contributed by atoms with Gasteiger partial charge in [0.2, 0.25) is 5.91 Å². The number of carbonyl (C=O) groups excluding carboxylic acids is 1. The summed E-state index contributed by atoms with van der Waals surface area (Å²) in [5.41, 5.74) is 4.88. The van der Waals surface area contributed by atoms with Gasteiger partial charge in [-0.05, 0) is 25.1 Å². The number of hydrogen-bond acceptors (Lipinski definition) is 2. The predicted molar refractivity (Wildman–Crippen MR) is 48.6 cm³/mol. The van der Waals surface area contributed by atoms with Gasteiger partial charge in [0, 0.05) is 0 Å². The molecule has 0 saturated heterocycles. The van der Waals surface area contributed by atoms with Gasteiger partial charge in [-0.2, -0.15) is 0 Å². The highest BCUT2D eigenvalue weighted by Gasteiger charge is 2.11. The highest BCUT2D eigenvalue weighted by molar-refractivity contribution is 5.82. The van der Waals surface area contributed by atoms with Crippen LogP contribution in [-0.4, -0.2) is 11.9 Å². The lowest BCUT2D eigenvalue weighted by Gasteiger charge is -2.11. The minimum absolute atomic E-state index is 0.0729. The molecule has 1 aromatic carbocycles. The van der Waals surface area contributed by atoms with E-state index in [1.54, 1.807) is 0 Å². The van der Waals surface area contributed by atoms with Crippen molar-refractivity contribution in [3.63, 3.8) is 0 Å². The number of carbonyl (C=O) groups is 1. The van der Waals surface area contributed by atoms with Crippen molar-refractivity contribution in [1.29, 1.82) is 0 Å². The van der Waals surface area contributed by atoms with Gasteiger partial charge in [0.25, 0.3) is 0 Å². The van der Waals surface area contributed by atoms with Gasteiger partial charge in [0.1, 0.15) is 17.7 Å². The van der Waals surface area contributed by atoms with Crippen LogP contribution in [0.5, 0.6) is 0 Å². The fraction of sp³-hybridized carbons (Fsp3) is 0.222. The first-order valence-electron chi connectivity index (χ1n) is 4.01. The van der Waals surface area contributed by atoms with Gasteiger partial charge in [-0.1, -0.05) is 0 Å². The molecule has 1 atom stereocenters. The van der Waals surface area contributed by atoms with E-state index in [0.29, 0.717) is 0 Å². The number of amides is 1. The van der Waals surface area contributed by atoms with Crippen LogP contribution < -0.4 is 11.1 Å². The monoisotopic (exact) mass is 200 g/mol. The molecule has 3 N–H and O–H groups in total. The number of anilines is 1. The molecular formula is C9H10F2N2O. The Balaban J connectivity index is 2.85. The van der Waals surface area contributed by atoms with Crippen LogP contribution in [0.1, 0.15) is 6.92 Å². The van der Waals surface area contributed by atoms with Crippen molar-refractivity contribution in [3.05, 3.63) is 29.8 Å². The van der Waals surface area contributed by atoms with Crippen LogP contribution in [0.2, 0.25) is 0 Å². The summed E-state index contributed by atoms with van der Waals surface area (Å²) in [4.78, 5) is 10.6. The van der Waals surface area contributed by atoms with E-state index in [-0.39, 0.29) is 5.69 Å². The minimum atomic E-state index is -0.744. The van der Waals surface area contributed by atoms with Crippen LogP contribution in [0.15, 0.2) is 18.2 Å². The summed E-state index contributed by atoms with van der Waals surface area (Å²) in [6.45, 7) is 1.46. The second-order valence-electron chi connectivity index (χ2n) is 2.89. The van der Waals surface area contributed by atoms with E-state index in [9.17, 15) is 13.6 Å². The molecule has 1 amide bonds. The van der Waals surface area contributed by atoms with Crippen molar-refractivity contribution in [2.24, 2.45) is 5.73 Å². The molecule has 0 saturated carbocycles. The molecule has 0 spiro atoms. The third-order valence-electron chi connectivity index (χ3n) is 1.73. The van der Waals surface area contributed by atoms with Gasteiger partial charge >= 0.3 is 0 Å². The van der Waals surface area contributed by atoms with Crippen molar-refractivity contribution >= 4 is 11.6 Å². The summed E-state index contributed by atoms with van der Waals surface area (Å²) >= 11 is 0. The zero-order valence-corrected chi connectivity index (χ0v) is 7.55. The van der Waals surface area contributed by atoms with E-state index in [4.69, 9.17) is 5.73 Å². The molecule has 0 aliphatic carbocycles. The maximum absolute atomic E-state index is 13.0. The topological polar surface area (TPSA) is 55.1 Å². The van der Waals surface area contributed by atoms with Crippen LogP contribution in [0.25, 0.3) is 0 Å². The fourth-order valence-electron chi connectivity index (χ4n) is 0.912. The van der Waals surface area contributed by atoms with Gasteiger partial charge in [0.15, 0.2) is 0 Å². The summed E-state index contributed by atoms with van der Waals surface area (Å²) in [6, 6.07) is 2.20. The third-order valence-corrected chi connectivity index (χ3v) is 1.73. The predicted octanol–water partition coefficient (Wildman–Crippen LogP) is 1.25. The summed E-state index contributed by atoms with van der Waals surface area (Å²) < 4.78 is 25.7. The maximum Gasteiger partial charge on any atom is 0.239 e. The van der Waals surface area contributed by atoms with E-state index < -0.39 is 23.6 Å². The largest absolute Gasteiger partial charge is 0.371 e. The zero-order chi connectivity index (χ0) is 10.7. The Morgan fingerprint density at radius 2 is 2.14 bits per heavy atom. The number of nitrogens with one attached hydrogen (secondary N) is 1. The molecule has 0 aliphatic heterocycles. The van der Waals surface area contributed by atoms with E-state index in [2.05, 4.69) is 5.32 Å². The lowest BCUT2D eigenvalue weighted by molar-refractivity contribution is -0.118. The lowest BCUT2D eigenvalue weighted by Crippen LogP contribution is -2.32. The molecule has 0 radical (unpaired) electrons.